The lowest BCUT2D eigenvalue weighted by molar-refractivity contribution is -0.121. The fraction of sp³-hybridized carbons (Fsp3) is 0.619. The molecule has 0 saturated heterocycles. The second-order valence-corrected chi connectivity index (χ2v) is 7.57. The predicted molar refractivity (Wildman–Crippen MR) is 112 cm³/mol. The lowest BCUT2D eigenvalue weighted by atomic mass is 10.1. The Balaban J connectivity index is 2.65. The minimum Gasteiger partial charge on any atom is -0.488 e. The van der Waals surface area contributed by atoms with Gasteiger partial charge in [-0.15, -0.1) is 0 Å². The molecule has 6 nitrogen and oxygen atoms in total. The molecule has 0 radical (unpaired) electrons. The van der Waals surface area contributed by atoms with E-state index >= 15 is 0 Å². The van der Waals surface area contributed by atoms with Crippen molar-refractivity contribution in [2.24, 2.45) is 4.99 Å². The van der Waals surface area contributed by atoms with Crippen LogP contribution in [0.25, 0.3) is 0 Å². The maximum absolute atomic E-state index is 11.9. The second kappa shape index (κ2) is 11.5. The van der Waals surface area contributed by atoms with E-state index in [1.807, 2.05) is 58.9 Å². The van der Waals surface area contributed by atoms with Gasteiger partial charge in [0.25, 0.3) is 0 Å². The number of aliphatic imine (C=N–C) groups is 1. The topological polar surface area (TPSA) is 74.8 Å². The molecule has 0 aliphatic rings. The van der Waals surface area contributed by atoms with E-state index in [1.165, 1.54) is 0 Å². The number of rotatable bonds is 9. The van der Waals surface area contributed by atoms with E-state index in [0.717, 1.165) is 24.3 Å². The number of ether oxygens (including phenoxy) is 1. The van der Waals surface area contributed by atoms with E-state index in [4.69, 9.17) is 4.74 Å². The van der Waals surface area contributed by atoms with Gasteiger partial charge in [0.2, 0.25) is 5.91 Å². The number of carbonyl (C=O) groups excluding carboxylic acids is 1. The van der Waals surface area contributed by atoms with Crippen molar-refractivity contribution in [1.82, 2.24) is 16.0 Å². The third kappa shape index (κ3) is 9.87. The average Bonchev–Trinajstić information content (AvgIpc) is 2.59. The summed E-state index contributed by atoms with van der Waals surface area (Å²) in [6, 6.07) is 8.15. The molecule has 1 unspecified atom stereocenters. The Bertz CT molecular complexity index is 608. The Labute approximate surface area is 164 Å². The number of para-hydroxylation sites is 1. The molecule has 0 fully saturated rings. The van der Waals surface area contributed by atoms with Crippen molar-refractivity contribution in [3.63, 3.8) is 0 Å². The molecule has 6 heteroatoms. The van der Waals surface area contributed by atoms with E-state index in [-0.39, 0.29) is 17.6 Å². The van der Waals surface area contributed by atoms with Crippen LogP contribution in [-0.2, 0) is 11.3 Å². The first-order valence-electron chi connectivity index (χ1n) is 9.83. The normalized spacial score (nSPS) is 13.0. The first-order chi connectivity index (χ1) is 12.7. The molecule has 1 aromatic carbocycles. The monoisotopic (exact) mass is 376 g/mol. The Kier molecular flexibility index (Phi) is 9.68. The first kappa shape index (κ1) is 22.8. The molecule has 1 amide bonds. The van der Waals surface area contributed by atoms with Crippen molar-refractivity contribution in [1.29, 1.82) is 0 Å². The van der Waals surface area contributed by atoms with E-state index in [9.17, 15) is 4.79 Å². The fourth-order valence-electron chi connectivity index (χ4n) is 2.31. The Morgan fingerprint density at radius 3 is 2.52 bits per heavy atom. The van der Waals surface area contributed by atoms with Gasteiger partial charge >= 0.3 is 0 Å². The van der Waals surface area contributed by atoms with Crippen molar-refractivity contribution in [3.05, 3.63) is 29.8 Å². The van der Waals surface area contributed by atoms with Gasteiger partial charge in [0, 0.05) is 31.1 Å². The molecule has 1 aromatic rings. The minimum absolute atomic E-state index is 0.0524. The molecule has 0 aromatic heterocycles. The largest absolute Gasteiger partial charge is 0.488 e. The number of nitrogens with one attached hydrogen (secondary N) is 3. The quantitative estimate of drug-likeness (QED) is 0.457. The number of benzene rings is 1. The van der Waals surface area contributed by atoms with Crippen LogP contribution in [0.3, 0.4) is 0 Å². The maximum atomic E-state index is 11.9. The van der Waals surface area contributed by atoms with Gasteiger partial charge in [-0.25, -0.2) is 4.99 Å². The van der Waals surface area contributed by atoms with Crippen LogP contribution in [0.1, 0.15) is 59.9 Å². The highest BCUT2D eigenvalue weighted by Crippen LogP contribution is 2.23. The fourth-order valence-corrected chi connectivity index (χ4v) is 2.31. The lowest BCUT2D eigenvalue weighted by Crippen LogP contribution is -2.40. The van der Waals surface area contributed by atoms with Crippen LogP contribution in [-0.4, -0.2) is 36.6 Å². The Morgan fingerprint density at radius 2 is 1.89 bits per heavy atom. The number of hydrogen-bond donors (Lipinski definition) is 3. The van der Waals surface area contributed by atoms with E-state index in [0.29, 0.717) is 25.5 Å². The molecular formula is C21H36N4O2. The molecule has 0 aliphatic heterocycles. The molecule has 0 spiro atoms. The highest BCUT2D eigenvalue weighted by Gasteiger charge is 2.14. The van der Waals surface area contributed by atoms with Gasteiger partial charge in [0.1, 0.15) is 11.4 Å². The van der Waals surface area contributed by atoms with Crippen LogP contribution < -0.4 is 20.7 Å². The average molecular weight is 377 g/mol. The number of guanidine groups is 1. The summed E-state index contributed by atoms with van der Waals surface area (Å²) in [6.45, 7) is 14.0. The van der Waals surface area contributed by atoms with E-state index in [2.05, 4.69) is 27.9 Å². The van der Waals surface area contributed by atoms with Gasteiger partial charge in [-0.05, 0) is 47.1 Å². The molecule has 0 saturated carbocycles. The van der Waals surface area contributed by atoms with Crippen LogP contribution in [0, 0.1) is 0 Å². The van der Waals surface area contributed by atoms with Crippen molar-refractivity contribution in [2.75, 3.05) is 13.1 Å². The third-order valence-corrected chi connectivity index (χ3v) is 3.80. The summed E-state index contributed by atoms with van der Waals surface area (Å²) in [6.07, 6.45) is 1.35. The summed E-state index contributed by atoms with van der Waals surface area (Å²) >= 11 is 0. The summed E-state index contributed by atoms with van der Waals surface area (Å²) < 4.78 is 6.02. The van der Waals surface area contributed by atoms with Gasteiger partial charge in [-0.1, -0.05) is 25.1 Å². The SMILES string of the molecule is CCNC(=NCc1ccccc1OC(C)(C)C)NCCC(=O)NC(C)CC. The van der Waals surface area contributed by atoms with Gasteiger partial charge in [-0.3, -0.25) is 4.79 Å². The number of nitrogens with zero attached hydrogens (tertiary/aromatic N) is 1. The zero-order chi connectivity index (χ0) is 20.3. The Morgan fingerprint density at radius 1 is 1.19 bits per heavy atom. The minimum atomic E-state index is -0.258. The van der Waals surface area contributed by atoms with Gasteiger partial charge in [0.15, 0.2) is 5.96 Å². The summed E-state index contributed by atoms with van der Waals surface area (Å²) in [5.74, 6) is 1.59. The van der Waals surface area contributed by atoms with Gasteiger partial charge in [-0.2, -0.15) is 0 Å². The molecule has 0 aliphatic carbocycles. The van der Waals surface area contributed by atoms with Crippen molar-refractivity contribution >= 4 is 11.9 Å². The second-order valence-electron chi connectivity index (χ2n) is 7.57. The molecule has 27 heavy (non-hydrogen) atoms. The molecular weight excluding hydrogens is 340 g/mol. The van der Waals surface area contributed by atoms with Gasteiger partial charge in [0.05, 0.1) is 6.54 Å². The summed E-state index contributed by atoms with van der Waals surface area (Å²) in [7, 11) is 0. The van der Waals surface area contributed by atoms with Gasteiger partial charge < -0.3 is 20.7 Å². The molecule has 152 valence electrons. The number of amides is 1. The maximum Gasteiger partial charge on any atom is 0.221 e. The van der Waals surface area contributed by atoms with Crippen LogP contribution in [0.5, 0.6) is 5.75 Å². The lowest BCUT2D eigenvalue weighted by Gasteiger charge is -2.23. The summed E-state index contributed by atoms with van der Waals surface area (Å²) in [5, 5.41) is 9.40. The standard InChI is InChI=1S/C21H36N4O2/c1-7-16(3)25-19(26)13-14-23-20(22-8-2)24-15-17-11-9-10-12-18(17)27-21(4,5)6/h9-12,16H,7-8,13-15H2,1-6H3,(H,25,26)(H2,22,23,24). The third-order valence-electron chi connectivity index (χ3n) is 3.80. The highest BCUT2D eigenvalue weighted by atomic mass is 16.5. The molecule has 1 rings (SSSR count). The van der Waals surface area contributed by atoms with Crippen LogP contribution in [0.4, 0.5) is 0 Å². The zero-order valence-corrected chi connectivity index (χ0v) is 17.7. The van der Waals surface area contributed by atoms with Crippen LogP contribution >= 0.6 is 0 Å². The van der Waals surface area contributed by atoms with Crippen molar-refractivity contribution in [3.8, 4) is 5.75 Å². The number of hydrogen-bond acceptors (Lipinski definition) is 3. The van der Waals surface area contributed by atoms with E-state index < -0.39 is 0 Å². The molecule has 3 N–H and O–H groups in total. The molecule has 1 atom stereocenters. The van der Waals surface area contributed by atoms with Crippen molar-refractivity contribution in [2.45, 2.75) is 72.6 Å². The van der Waals surface area contributed by atoms with Crippen LogP contribution in [0.2, 0.25) is 0 Å². The zero-order valence-electron chi connectivity index (χ0n) is 17.7. The Hall–Kier alpha value is -2.24. The smallest absolute Gasteiger partial charge is 0.221 e. The summed E-state index contributed by atoms with van der Waals surface area (Å²) in [4.78, 5) is 16.5. The molecule has 0 heterocycles. The molecule has 0 bridgehead atoms. The number of carbonyl (C=O) groups is 1. The summed E-state index contributed by atoms with van der Waals surface area (Å²) in [5.41, 5.74) is 0.769. The van der Waals surface area contributed by atoms with Crippen molar-refractivity contribution < 1.29 is 9.53 Å². The first-order valence-corrected chi connectivity index (χ1v) is 9.83. The predicted octanol–water partition coefficient (Wildman–Crippen LogP) is 3.22. The van der Waals surface area contributed by atoms with E-state index in [1.54, 1.807) is 0 Å². The van der Waals surface area contributed by atoms with Crippen LogP contribution in [0.15, 0.2) is 29.3 Å². The highest BCUT2D eigenvalue weighted by molar-refractivity contribution is 5.81.